The van der Waals surface area contributed by atoms with E-state index in [1.807, 2.05) is 0 Å². The van der Waals surface area contributed by atoms with Gasteiger partial charge in [-0.2, -0.15) is 4.39 Å². The molecule has 0 amide bonds. The molecule has 0 saturated carbocycles. The third-order valence-corrected chi connectivity index (χ3v) is 5.06. The average molecular weight is 394 g/mol. The van der Waals surface area contributed by atoms with E-state index in [-0.39, 0.29) is 29.1 Å². The van der Waals surface area contributed by atoms with Gasteiger partial charge in [0.25, 0.3) is 0 Å². The Morgan fingerprint density at radius 3 is 2.46 bits per heavy atom. The standard InChI is InChI=1S/C22H25F3O3/c1-3-4-11-27-20-10-6-15(13-28-20)14-5-7-16(18(23)12-14)17-8-9-19(26-2)22(25)21(17)24/h5,7-9,12,15,20H,3-4,6,10-11,13H2,1-2H3. The molecular formula is C22H25F3O3. The van der Waals surface area contributed by atoms with Gasteiger partial charge >= 0.3 is 0 Å². The summed E-state index contributed by atoms with van der Waals surface area (Å²) in [5, 5.41) is 0. The molecule has 2 aromatic rings. The van der Waals surface area contributed by atoms with Gasteiger partial charge in [0, 0.05) is 23.7 Å². The number of halogens is 3. The van der Waals surface area contributed by atoms with Gasteiger partial charge in [0.2, 0.25) is 5.82 Å². The van der Waals surface area contributed by atoms with Crippen LogP contribution >= 0.6 is 0 Å². The lowest BCUT2D eigenvalue weighted by molar-refractivity contribution is -0.167. The Hall–Kier alpha value is -2.05. The largest absolute Gasteiger partial charge is 0.494 e. The number of unbranched alkanes of at least 4 members (excludes halogenated alkanes) is 1. The van der Waals surface area contributed by atoms with E-state index < -0.39 is 17.5 Å². The van der Waals surface area contributed by atoms with Crippen molar-refractivity contribution in [2.24, 2.45) is 0 Å². The minimum Gasteiger partial charge on any atom is -0.494 e. The van der Waals surface area contributed by atoms with Gasteiger partial charge in [-0.1, -0.05) is 25.5 Å². The van der Waals surface area contributed by atoms with E-state index in [2.05, 4.69) is 6.92 Å². The summed E-state index contributed by atoms with van der Waals surface area (Å²) in [7, 11) is 1.25. The number of rotatable bonds is 7. The van der Waals surface area contributed by atoms with Crippen molar-refractivity contribution in [3.05, 3.63) is 53.3 Å². The summed E-state index contributed by atoms with van der Waals surface area (Å²) in [5.74, 6) is -3.01. The van der Waals surface area contributed by atoms with Crippen molar-refractivity contribution in [2.75, 3.05) is 20.3 Å². The van der Waals surface area contributed by atoms with Gasteiger partial charge in [0.1, 0.15) is 5.82 Å². The Morgan fingerprint density at radius 1 is 1.04 bits per heavy atom. The van der Waals surface area contributed by atoms with Gasteiger partial charge < -0.3 is 14.2 Å². The lowest BCUT2D eigenvalue weighted by atomic mass is 9.91. The van der Waals surface area contributed by atoms with Gasteiger partial charge in [-0.15, -0.1) is 0 Å². The van der Waals surface area contributed by atoms with Gasteiger partial charge in [0.05, 0.1) is 13.7 Å². The molecular weight excluding hydrogens is 369 g/mol. The second-order valence-electron chi connectivity index (χ2n) is 6.94. The maximum absolute atomic E-state index is 14.7. The van der Waals surface area contributed by atoms with Gasteiger partial charge in [-0.05, 0) is 43.0 Å². The second-order valence-corrected chi connectivity index (χ2v) is 6.94. The van der Waals surface area contributed by atoms with Crippen molar-refractivity contribution < 1.29 is 27.4 Å². The van der Waals surface area contributed by atoms with E-state index in [1.165, 1.54) is 31.4 Å². The zero-order valence-electron chi connectivity index (χ0n) is 16.1. The monoisotopic (exact) mass is 394 g/mol. The number of ether oxygens (including phenoxy) is 3. The Labute approximate surface area is 163 Å². The summed E-state index contributed by atoms with van der Waals surface area (Å²) in [5.41, 5.74) is 0.662. The average Bonchev–Trinajstić information content (AvgIpc) is 2.71. The normalized spacial score (nSPS) is 19.6. The summed E-state index contributed by atoms with van der Waals surface area (Å²) in [4.78, 5) is 0. The fourth-order valence-corrected chi connectivity index (χ4v) is 3.38. The summed E-state index contributed by atoms with van der Waals surface area (Å²) < 4.78 is 59.1. The molecule has 2 unspecified atom stereocenters. The van der Waals surface area contributed by atoms with E-state index >= 15 is 0 Å². The van der Waals surface area contributed by atoms with Crippen molar-refractivity contribution in [3.63, 3.8) is 0 Å². The zero-order valence-corrected chi connectivity index (χ0v) is 16.1. The predicted octanol–water partition coefficient (Wildman–Crippen LogP) is 5.82. The molecule has 1 aliphatic rings. The maximum atomic E-state index is 14.7. The van der Waals surface area contributed by atoms with Crippen LogP contribution in [0.25, 0.3) is 11.1 Å². The van der Waals surface area contributed by atoms with Crippen LogP contribution < -0.4 is 4.74 Å². The van der Waals surface area contributed by atoms with Crippen LogP contribution in [-0.4, -0.2) is 26.6 Å². The Bertz CT molecular complexity index is 802. The molecule has 152 valence electrons. The van der Waals surface area contributed by atoms with Gasteiger partial charge in [0.15, 0.2) is 17.9 Å². The van der Waals surface area contributed by atoms with Crippen molar-refractivity contribution in [2.45, 2.75) is 44.8 Å². The molecule has 1 aliphatic heterocycles. The van der Waals surface area contributed by atoms with Crippen LogP contribution in [0.15, 0.2) is 30.3 Å². The quantitative estimate of drug-likeness (QED) is 0.554. The topological polar surface area (TPSA) is 27.7 Å². The van der Waals surface area contributed by atoms with Crippen molar-refractivity contribution >= 4 is 0 Å². The van der Waals surface area contributed by atoms with Gasteiger partial charge in [-0.25, -0.2) is 8.78 Å². The van der Waals surface area contributed by atoms with Crippen LogP contribution in [-0.2, 0) is 9.47 Å². The molecule has 0 N–H and O–H groups in total. The van der Waals surface area contributed by atoms with E-state index in [1.54, 1.807) is 6.07 Å². The van der Waals surface area contributed by atoms with Crippen LogP contribution in [0, 0.1) is 17.5 Å². The van der Waals surface area contributed by atoms with E-state index in [9.17, 15) is 13.2 Å². The van der Waals surface area contributed by atoms with Gasteiger partial charge in [-0.3, -0.25) is 0 Å². The second kappa shape index (κ2) is 9.43. The summed E-state index contributed by atoms with van der Waals surface area (Å²) in [6.45, 7) is 3.23. The highest BCUT2D eigenvalue weighted by Gasteiger charge is 2.25. The van der Waals surface area contributed by atoms with E-state index in [0.717, 1.165) is 31.2 Å². The highest BCUT2D eigenvalue weighted by Crippen LogP contribution is 2.34. The Balaban J connectivity index is 1.71. The molecule has 2 aromatic carbocycles. The van der Waals surface area contributed by atoms with Crippen LogP contribution in [0.1, 0.15) is 44.1 Å². The molecule has 0 aliphatic carbocycles. The maximum Gasteiger partial charge on any atom is 0.201 e. The molecule has 1 fully saturated rings. The first-order chi connectivity index (χ1) is 13.5. The van der Waals surface area contributed by atoms with E-state index in [4.69, 9.17) is 14.2 Å². The summed E-state index contributed by atoms with van der Waals surface area (Å²) in [6, 6.07) is 7.21. The first kappa shape index (κ1) is 20.7. The third kappa shape index (κ3) is 4.50. The fourth-order valence-electron chi connectivity index (χ4n) is 3.38. The molecule has 0 bridgehead atoms. The molecule has 28 heavy (non-hydrogen) atoms. The first-order valence-corrected chi connectivity index (χ1v) is 9.60. The molecule has 3 rings (SSSR count). The highest BCUT2D eigenvalue weighted by atomic mass is 19.2. The summed E-state index contributed by atoms with van der Waals surface area (Å²) in [6.07, 6.45) is 3.43. The molecule has 1 saturated heterocycles. The van der Waals surface area contributed by atoms with Crippen molar-refractivity contribution in [1.82, 2.24) is 0 Å². The third-order valence-electron chi connectivity index (χ3n) is 5.06. The van der Waals surface area contributed by atoms with Crippen molar-refractivity contribution in [1.29, 1.82) is 0 Å². The first-order valence-electron chi connectivity index (χ1n) is 9.60. The Morgan fingerprint density at radius 2 is 1.82 bits per heavy atom. The molecule has 6 heteroatoms. The summed E-state index contributed by atoms with van der Waals surface area (Å²) >= 11 is 0. The highest BCUT2D eigenvalue weighted by molar-refractivity contribution is 5.66. The molecule has 0 aromatic heterocycles. The smallest absolute Gasteiger partial charge is 0.201 e. The lowest BCUT2D eigenvalue weighted by Crippen LogP contribution is -2.27. The minimum absolute atomic E-state index is 0.0142. The predicted molar refractivity (Wildman–Crippen MR) is 101 cm³/mol. The zero-order chi connectivity index (χ0) is 20.1. The number of methoxy groups -OCH3 is 1. The minimum atomic E-state index is -1.13. The number of benzene rings is 2. The van der Waals surface area contributed by atoms with E-state index in [0.29, 0.717) is 13.2 Å². The molecule has 2 atom stereocenters. The molecule has 0 radical (unpaired) electrons. The Kier molecular flexibility index (Phi) is 6.97. The van der Waals surface area contributed by atoms with Crippen LogP contribution in [0.4, 0.5) is 13.2 Å². The van der Waals surface area contributed by atoms with Crippen LogP contribution in [0.5, 0.6) is 5.75 Å². The number of hydrogen-bond acceptors (Lipinski definition) is 3. The number of hydrogen-bond donors (Lipinski definition) is 0. The molecule has 1 heterocycles. The fraction of sp³-hybridized carbons (Fsp3) is 0.455. The molecule has 0 spiro atoms. The van der Waals surface area contributed by atoms with Crippen molar-refractivity contribution in [3.8, 4) is 16.9 Å². The SMILES string of the molecule is CCCCOC1CCC(c2ccc(-c3ccc(OC)c(F)c3F)c(F)c2)CO1. The van der Waals surface area contributed by atoms with Crippen LogP contribution in [0.3, 0.4) is 0 Å². The molecule has 3 nitrogen and oxygen atoms in total. The lowest BCUT2D eigenvalue weighted by Gasteiger charge is -2.29. The van der Waals surface area contributed by atoms with Crippen LogP contribution in [0.2, 0.25) is 0 Å².